The molecule has 0 heterocycles. The van der Waals surface area contributed by atoms with Crippen LogP contribution >= 0.6 is 0 Å². The van der Waals surface area contributed by atoms with E-state index in [1.54, 1.807) is 42.5 Å². The van der Waals surface area contributed by atoms with E-state index in [0.29, 0.717) is 47.6 Å². The fraction of sp³-hybridized carbons (Fsp3) is 0.217. The molecule has 0 aliphatic heterocycles. The number of benzene rings is 2. The van der Waals surface area contributed by atoms with E-state index in [4.69, 9.17) is 14.6 Å². The number of carboxylic acid groups (broad SMARTS) is 1. The number of phenols is 1. The van der Waals surface area contributed by atoms with Crippen LogP contribution < -0.4 is 9.47 Å². The molecule has 29 heavy (non-hydrogen) atoms. The van der Waals surface area contributed by atoms with Gasteiger partial charge in [0.25, 0.3) is 0 Å². The van der Waals surface area contributed by atoms with Crippen molar-refractivity contribution >= 4 is 17.8 Å². The van der Waals surface area contributed by atoms with Crippen LogP contribution in [0.2, 0.25) is 0 Å². The van der Waals surface area contributed by atoms with Crippen molar-refractivity contribution in [2.24, 2.45) is 0 Å². The molecule has 6 heteroatoms. The Labute approximate surface area is 169 Å². The Morgan fingerprint density at radius 1 is 1.17 bits per heavy atom. The van der Waals surface area contributed by atoms with E-state index in [2.05, 4.69) is 6.58 Å². The summed E-state index contributed by atoms with van der Waals surface area (Å²) in [5.74, 6) is 0.102. The van der Waals surface area contributed by atoms with Crippen LogP contribution in [0, 0.1) is 0 Å². The Balaban J connectivity index is 2.06. The Kier molecular flexibility index (Phi) is 8.03. The van der Waals surface area contributed by atoms with Gasteiger partial charge in [0.2, 0.25) is 0 Å². The highest BCUT2D eigenvalue weighted by Gasteiger charge is 2.09. The zero-order valence-electron chi connectivity index (χ0n) is 16.3. The van der Waals surface area contributed by atoms with Crippen molar-refractivity contribution in [3.05, 3.63) is 71.8 Å². The number of ether oxygens (including phenoxy) is 2. The second-order valence-electron chi connectivity index (χ2n) is 6.28. The molecule has 0 aliphatic rings. The second kappa shape index (κ2) is 10.7. The quantitative estimate of drug-likeness (QED) is 0.255. The number of methoxy groups -OCH3 is 1. The molecule has 2 aromatic carbocycles. The first-order valence-corrected chi connectivity index (χ1v) is 9.12. The standard InChI is InChI=1S/C23H24O6/c1-3-5-17-14-18(22(28-2)15-21(17)25)9-12-20(24)16-7-10-19(11-8-16)29-13-4-6-23(26)27/h3,7-12,14-15,25H,1,4-6,13H2,2H3,(H,26,27). The third-order valence-corrected chi connectivity index (χ3v) is 4.15. The Bertz CT molecular complexity index is 896. The van der Waals surface area contributed by atoms with Gasteiger partial charge in [0.05, 0.1) is 13.7 Å². The molecular formula is C23H24O6. The van der Waals surface area contributed by atoms with Gasteiger partial charge in [0.1, 0.15) is 17.2 Å². The predicted octanol–water partition coefficient (Wildman–Crippen LogP) is 4.27. The molecule has 0 saturated carbocycles. The van der Waals surface area contributed by atoms with Crippen molar-refractivity contribution in [1.29, 1.82) is 0 Å². The van der Waals surface area contributed by atoms with Gasteiger partial charge >= 0.3 is 5.97 Å². The summed E-state index contributed by atoms with van der Waals surface area (Å²) in [5.41, 5.74) is 1.86. The number of phenolic OH excluding ortho intramolecular Hbond substituents is 1. The van der Waals surface area contributed by atoms with Crippen LogP contribution in [0.15, 0.2) is 55.1 Å². The van der Waals surface area contributed by atoms with Gasteiger partial charge < -0.3 is 19.7 Å². The Morgan fingerprint density at radius 2 is 1.90 bits per heavy atom. The minimum atomic E-state index is -0.858. The summed E-state index contributed by atoms with van der Waals surface area (Å²) < 4.78 is 10.7. The molecule has 0 atom stereocenters. The van der Waals surface area contributed by atoms with Crippen LogP contribution in [0.3, 0.4) is 0 Å². The smallest absolute Gasteiger partial charge is 0.303 e. The fourth-order valence-corrected chi connectivity index (χ4v) is 2.65. The monoisotopic (exact) mass is 396 g/mol. The number of ketones is 1. The number of carboxylic acids is 1. The van der Waals surface area contributed by atoms with Crippen LogP contribution in [-0.4, -0.2) is 35.7 Å². The lowest BCUT2D eigenvalue weighted by Gasteiger charge is -2.09. The maximum atomic E-state index is 12.4. The first-order chi connectivity index (χ1) is 13.9. The summed E-state index contributed by atoms with van der Waals surface area (Å²) >= 11 is 0. The summed E-state index contributed by atoms with van der Waals surface area (Å²) in [4.78, 5) is 22.9. The number of aromatic hydroxyl groups is 1. The van der Waals surface area contributed by atoms with Gasteiger partial charge in [-0.2, -0.15) is 0 Å². The van der Waals surface area contributed by atoms with Crippen molar-refractivity contribution in [2.75, 3.05) is 13.7 Å². The highest BCUT2D eigenvalue weighted by atomic mass is 16.5. The molecule has 2 aromatic rings. The lowest BCUT2D eigenvalue weighted by molar-refractivity contribution is -0.137. The van der Waals surface area contributed by atoms with E-state index in [9.17, 15) is 14.7 Å². The molecular weight excluding hydrogens is 372 g/mol. The van der Waals surface area contributed by atoms with E-state index in [-0.39, 0.29) is 18.0 Å². The van der Waals surface area contributed by atoms with Crippen molar-refractivity contribution in [1.82, 2.24) is 0 Å². The molecule has 0 aliphatic carbocycles. The first-order valence-electron chi connectivity index (χ1n) is 9.12. The molecule has 0 saturated heterocycles. The van der Waals surface area contributed by atoms with Gasteiger partial charge in [0, 0.05) is 23.6 Å². The van der Waals surface area contributed by atoms with Crippen LogP contribution in [0.5, 0.6) is 17.2 Å². The third-order valence-electron chi connectivity index (χ3n) is 4.15. The summed E-state index contributed by atoms with van der Waals surface area (Å²) in [5, 5.41) is 18.6. The molecule has 0 bridgehead atoms. The Hall–Kier alpha value is -3.54. The van der Waals surface area contributed by atoms with Gasteiger partial charge in [0.15, 0.2) is 5.78 Å². The van der Waals surface area contributed by atoms with E-state index >= 15 is 0 Å². The number of carbonyl (C=O) groups is 2. The highest BCUT2D eigenvalue weighted by Crippen LogP contribution is 2.30. The number of aliphatic carboxylic acids is 1. The van der Waals surface area contributed by atoms with E-state index in [1.807, 2.05) is 0 Å². The lowest BCUT2D eigenvalue weighted by Crippen LogP contribution is -2.02. The zero-order chi connectivity index (χ0) is 21.2. The van der Waals surface area contributed by atoms with Crippen LogP contribution in [0.1, 0.15) is 34.3 Å². The summed E-state index contributed by atoms with van der Waals surface area (Å²) in [6.45, 7) is 3.97. The van der Waals surface area contributed by atoms with Crippen LogP contribution in [0.25, 0.3) is 6.08 Å². The van der Waals surface area contributed by atoms with E-state index < -0.39 is 5.97 Å². The molecule has 2 N–H and O–H groups in total. The number of carbonyl (C=O) groups excluding carboxylic acids is 1. The molecule has 0 amide bonds. The maximum absolute atomic E-state index is 12.4. The topological polar surface area (TPSA) is 93.1 Å². The van der Waals surface area contributed by atoms with E-state index in [0.717, 1.165) is 0 Å². The van der Waals surface area contributed by atoms with Gasteiger partial charge in [-0.15, -0.1) is 6.58 Å². The predicted molar refractivity (Wildman–Crippen MR) is 111 cm³/mol. The van der Waals surface area contributed by atoms with Gasteiger partial charge in [-0.3, -0.25) is 9.59 Å². The zero-order valence-corrected chi connectivity index (χ0v) is 16.3. The largest absolute Gasteiger partial charge is 0.508 e. The summed E-state index contributed by atoms with van der Waals surface area (Å²) in [6.07, 6.45) is 5.74. The number of rotatable bonds is 11. The highest BCUT2D eigenvalue weighted by molar-refractivity contribution is 6.07. The molecule has 2 rings (SSSR count). The van der Waals surface area contributed by atoms with Crippen molar-refractivity contribution in [3.63, 3.8) is 0 Å². The van der Waals surface area contributed by atoms with Gasteiger partial charge in [-0.05, 0) is 60.9 Å². The minimum absolute atomic E-state index is 0.0522. The van der Waals surface area contributed by atoms with Crippen LogP contribution in [0.4, 0.5) is 0 Å². The summed E-state index contributed by atoms with van der Waals surface area (Å²) in [7, 11) is 1.50. The molecule has 152 valence electrons. The first kappa shape index (κ1) is 21.8. The molecule has 0 unspecified atom stereocenters. The molecule has 0 fully saturated rings. The molecule has 0 aromatic heterocycles. The maximum Gasteiger partial charge on any atom is 0.303 e. The van der Waals surface area contributed by atoms with Crippen molar-refractivity contribution in [2.45, 2.75) is 19.3 Å². The van der Waals surface area contributed by atoms with Crippen LogP contribution in [-0.2, 0) is 11.2 Å². The average Bonchev–Trinajstić information content (AvgIpc) is 2.71. The van der Waals surface area contributed by atoms with Gasteiger partial charge in [-0.1, -0.05) is 6.08 Å². The van der Waals surface area contributed by atoms with E-state index in [1.165, 1.54) is 19.3 Å². The second-order valence-corrected chi connectivity index (χ2v) is 6.28. The molecule has 6 nitrogen and oxygen atoms in total. The molecule has 0 radical (unpaired) electrons. The SMILES string of the molecule is C=CCc1cc(C=CC(=O)c2ccc(OCCCC(=O)O)cc2)c(OC)cc1O. The number of hydrogen-bond donors (Lipinski definition) is 2. The van der Waals surface area contributed by atoms with Gasteiger partial charge in [-0.25, -0.2) is 0 Å². The molecule has 0 spiro atoms. The average molecular weight is 396 g/mol. The number of allylic oxidation sites excluding steroid dienone is 2. The fourth-order valence-electron chi connectivity index (χ4n) is 2.65. The minimum Gasteiger partial charge on any atom is -0.508 e. The summed E-state index contributed by atoms with van der Waals surface area (Å²) in [6, 6.07) is 9.91. The lowest BCUT2D eigenvalue weighted by atomic mass is 10.0. The Morgan fingerprint density at radius 3 is 2.52 bits per heavy atom. The normalized spacial score (nSPS) is 10.7. The van der Waals surface area contributed by atoms with Crippen molar-refractivity contribution < 1.29 is 29.3 Å². The van der Waals surface area contributed by atoms with Crippen molar-refractivity contribution in [3.8, 4) is 17.2 Å². The third kappa shape index (κ3) is 6.53. The number of hydrogen-bond acceptors (Lipinski definition) is 5.